The zero-order chi connectivity index (χ0) is 24.6. The fraction of sp³-hybridized carbons (Fsp3) is 0.538. The maximum absolute atomic E-state index is 12.8. The zero-order valence-electron chi connectivity index (χ0n) is 20.2. The first kappa shape index (κ1) is 26.1. The Morgan fingerprint density at radius 1 is 1.20 bits per heavy atom. The van der Waals surface area contributed by atoms with Crippen LogP contribution in [0.15, 0.2) is 35.1 Å². The first-order valence-corrected chi connectivity index (χ1v) is 15.1. The number of aromatic nitrogens is 2. The third-order valence-electron chi connectivity index (χ3n) is 6.69. The summed E-state index contributed by atoms with van der Waals surface area (Å²) in [6.07, 6.45) is 8.95. The third kappa shape index (κ3) is 7.28. The standard InChI is InChI=1S/C26H36IN4O4/c1-18-15-21-22(29-26(34)28-21)16-20(18)30-27-17-24(32)31-13-7-5-12-23(31)25(33)35-14-8-6-11-19-9-3-2-4-10-19/h2-4,9-10,15-16,18,20,23-24,30,32H,5-8,11-14,17H2,1H3,(H2,28,29,34)/q-1. The van der Waals surface area contributed by atoms with Crippen LogP contribution in [0.3, 0.4) is 0 Å². The van der Waals surface area contributed by atoms with E-state index < -0.39 is 27.7 Å². The monoisotopic (exact) mass is 595 g/mol. The molecule has 1 aromatic heterocycles. The number of carbonyl (C=O) groups excluding carboxylic acids is 1. The number of H-pyrrole nitrogens is 2. The number of piperidine rings is 1. The van der Waals surface area contributed by atoms with Gasteiger partial charge in [-0.15, -0.1) is 0 Å². The smallest absolute Gasteiger partial charge is 0.0622 e. The van der Waals surface area contributed by atoms with Crippen LogP contribution in [0.1, 0.15) is 44.6 Å². The molecule has 8 nitrogen and oxygen atoms in total. The van der Waals surface area contributed by atoms with Crippen molar-refractivity contribution in [3.63, 3.8) is 0 Å². The number of aliphatic hydroxyl groups excluding tert-OH is 1. The molecule has 2 aromatic rings. The number of alkyl halides is 1. The van der Waals surface area contributed by atoms with Crippen molar-refractivity contribution in [1.82, 2.24) is 18.4 Å². The minimum atomic E-state index is -0.656. The Hall–Kier alpha value is -1.95. The number of hydrogen-bond acceptors (Lipinski definition) is 6. The number of likely N-dealkylation sites (tertiary alicyclic amines) is 1. The number of carbonyl (C=O) groups is 1. The van der Waals surface area contributed by atoms with Gasteiger partial charge >= 0.3 is 199 Å². The second-order valence-corrected chi connectivity index (χ2v) is 11.6. The second kappa shape index (κ2) is 12.8. The predicted molar refractivity (Wildman–Crippen MR) is 131 cm³/mol. The van der Waals surface area contributed by atoms with Crippen LogP contribution in [0.4, 0.5) is 0 Å². The van der Waals surface area contributed by atoms with Crippen molar-refractivity contribution in [3.05, 3.63) is 57.1 Å². The van der Waals surface area contributed by atoms with Crippen molar-refractivity contribution >= 4 is 18.1 Å². The molecule has 35 heavy (non-hydrogen) atoms. The van der Waals surface area contributed by atoms with Crippen molar-refractivity contribution in [1.29, 1.82) is 0 Å². The van der Waals surface area contributed by atoms with Crippen molar-refractivity contribution in [2.45, 2.75) is 63.8 Å². The summed E-state index contributed by atoms with van der Waals surface area (Å²) < 4.78 is 9.81. The number of rotatable bonds is 11. The van der Waals surface area contributed by atoms with E-state index in [0.717, 1.165) is 49.2 Å². The minimum Gasteiger partial charge on any atom is -0.0622 e. The second-order valence-electron chi connectivity index (χ2n) is 9.36. The summed E-state index contributed by atoms with van der Waals surface area (Å²) >= 11 is -0.504. The number of aliphatic hydroxyl groups is 1. The van der Waals surface area contributed by atoms with E-state index in [9.17, 15) is 14.7 Å². The normalized spacial score (nSPS) is 23.2. The third-order valence-corrected chi connectivity index (χ3v) is 9.08. The number of esters is 1. The van der Waals surface area contributed by atoms with Gasteiger partial charge in [0, 0.05) is 0 Å². The molecule has 1 aliphatic heterocycles. The average molecular weight is 596 g/mol. The van der Waals surface area contributed by atoms with Crippen LogP contribution in [0, 0.1) is 5.92 Å². The number of imidazole rings is 1. The van der Waals surface area contributed by atoms with Crippen LogP contribution in [0.2, 0.25) is 0 Å². The quantitative estimate of drug-likeness (QED) is 0.0760. The number of nitrogens with one attached hydrogen (secondary N) is 3. The zero-order valence-corrected chi connectivity index (χ0v) is 22.4. The van der Waals surface area contributed by atoms with Gasteiger partial charge in [-0.3, -0.25) is 0 Å². The van der Waals surface area contributed by atoms with Gasteiger partial charge in [-0.05, 0) is 0 Å². The summed E-state index contributed by atoms with van der Waals surface area (Å²) in [7, 11) is 0. The number of benzene rings is 1. The van der Waals surface area contributed by atoms with Gasteiger partial charge in [-0.1, -0.05) is 18.2 Å². The molecule has 0 spiro atoms. The van der Waals surface area contributed by atoms with Crippen LogP contribution in [0.5, 0.6) is 0 Å². The molecule has 1 aliphatic carbocycles. The Bertz CT molecular complexity index is 1130. The van der Waals surface area contributed by atoms with E-state index in [1.165, 1.54) is 5.56 Å². The fourth-order valence-electron chi connectivity index (χ4n) is 4.70. The summed E-state index contributed by atoms with van der Waals surface area (Å²) in [5.74, 6) is 0.0350. The number of halogens is 1. The van der Waals surface area contributed by atoms with Gasteiger partial charge in [-0.2, -0.15) is 0 Å². The van der Waals surface area contributed by atoms with Crippen LogP contribution in [0.25, 0.3) is 12.2 Å². The number of nitrogens with zero attached hydrogens (tertiary/aromatic N) is 1. The Kier molecular flexibility index (Phi) is 9.59. The Morgan fingerprint density at radius 3 is 2.77 bits per heavy atom. The number of fused-ring (bicyclic) bond motifs is 1. The Labute approximate surface area is 216 Å². The van der Waals surface area contributed by atoms with Crippen molar-refractivity contribution in [2.24, 2.45) is 5.92 Å². The molecule has 2 heterocycles. The van der Waals surface area contributed by atoms with Gasteiger partial charge in [0.15, 0.2) is 0 Å². The molecule has 0 amide bonds. The van der Waals surface area contributed by atoms with Crippen molar-refractivity contribution < 1.29 is 36.1 Å². The van der Waals surface area contributed by atoms with E-state index in [1.807, 2.05) is 29.2 Å². The molecule has 192 valence electrons. The summed E-state index contributed by atoms with van der Waals surface area (Å²) in [5.41, 5.74) is 1.11. The van der Waals surface area contributed by atoms with Gasteiger partial charge in [-0.25, -0.2) is 0 Å². The molecule has 1 aromatic carbocycles. The van der Waals surface area contributed by atoms with Crippen LogP contribution >= 0.6 is 0 Å². The molecule has 4 rings (SSSR count). The molecule has 0 saturated carbocycles. The van der Waals surface area contributed by atoms with E-state index in [1.54, 1.807) is 0 Å². The molecular weight excluding hydrogens is 559 g/mol. The van der Waals surface area contributed by atoms with Gasteiger partial charge in [0.2, 0.25) is 0 Å². The van der Waals surface area contributed by atoms with Crippen molar-refractivity contribution in [3.8, 4) is 0 Å². The molecule has 0 bridgehead atoms. The van der Waals surface area contributed by atoms with E-state index in [2.05, 4.69) is 38.6 Å². The van der Waals surface area contributed by atoms with Gasteiger partial charge in [0.25, 0.3) is 0 Å². The SMILES string of the molecule is CC1C=c2[nH]c(=O)[nH]c2=CC1N[I-]CC(O)N1CCCCC1C(=O)OCCCCc1ccccc1. The van der Waals surface area contributed by atoms with E-state index in [-0.39, 0.29) is 29.7 Å². The summed E-state index contributed by atoms with van der Waals surface area (Å²) in [5, 5.41) is 12.6. The number of unbranched alkanes of at least 4 members (excludes halogenated alkanes) is 1. The Balaban J connectivity index is 1.21. The van der Waals surface area contributed by atoms with Gasteiger partial charge < -0.3 is 0 Å². The van der Waals surface area contributed by atoms with Crippen LogP contribution in [-0.4, -0.2) is 61.8 Å². The molecular formula is C26H36IN4O4-. The topological polar surface area (TPSA) is 110 Å². The van der Waals surface area contributed by atoms with Gasteiger partial charge in [0.05, 0.1) is 0 Å². The molecule has 1 fully saturated rings. The average Bonchev–Trinajstić information content (AvgIpc) is 3.23. The Morgan fingerprint density at radius 2 is 1.97 bits per heavy atom. The number of ether oxygens (including phenoxy) is 1. The molecule has 2 aliphatic rings. The molecule has 4 N–H and O–H groups in total. The summed E-state index contributed by atoms with van der Waals surface area (Å²) in [6, 6.07) is 10.1. The molecule has 9 heteroatoms. The van der Waals surface area contributed by atoms with Crippen molar-refractivity contribution in [2.75, 3.05) is 17.6 Å². The molecule has 4 atom stereocenters. The van der Waals surface area contributed by atoms with Gasteiger partial charge in [0.1, 0.15) is 0 Å². The molecule has 0 radical (unpaired) electrons. The predicted octanol–water partition coefficient (Wildman–Crippen LogP) is -2.39. The first-order chi connectivity index (χ1) is 17.0. The summed E-state index contributed by atoms with van der Waals surface area (Å²) in [4.78, 5) is 31.9. The minimum absolute atomic E-state index is 0.118. The first-order valence-electron chi connectivity index (χ1n) is 12.5. The molecule has 4 unspecified atom stereocenters. The number of hydrogen-bond donors (Lipinski definition) is 4. The van der Waals surface area contributed by atoms with E-state index in [0.29, 0.717) is 17.6 Å². The fourth-order valence-corrected chi connectivity index (χ4v) is 7.11. The summed E-state index contributed by atoms with van der Waals surface area (Å²) in [6.45, 7) is 3.25. The van der Waals surface area contributed by atoms with E-state index >= 15 is 0 Å². The number of aryl methyl sites for hydroxylation is 1. The van der Waals surface area contributed by atoms with Crippen LogP contribution < -0.4 is 41.4 Å². The number of aromatic amines is 2. The van der Waals surface area contributed by atoms with E-state index in [4.69, 9.17) is 4.74 Å². The maximum atomic E-state index is 12.8. The van der Waals surface area contributed by atoms with Crippen LogP contribution in [-0.2, 0) is 16.0 Å². The molecule has 1 saturated heterocycles.